The molecule has 2 aromatic heterocycles. The van der Waals surface area contributed by atoms with Crippen LogP contribution in [0.4, 0.5) is 0 Å². The van der Waals surface area contributed by atoms with Crippen LogP contribution in [-0.4, -0.2) is 31.0 Å². The van der Waals surface area contributed by atoms with E-state index in [0.29, 0.717) is 23.1 Å². The van der Waals surface area contributed by atoms with Gasteiger partial charge in [-0.1, -0.05) is 42.1 Å². The van der Waals surface area contributed by atoms with Gasteiger partial charge in [-0.05, 0) is 17.7 Å². The predicted octanol–water partition coefficient (Wildman–Crippen LogP) is 1.59. The Hall–Kier alpha value is -2.87. The zero-order chi connectivity index (χ0) is 18.5. The molecule has 0 saturated heterocycles. The maximum Gasteiger partial charge on any atom is 0.261 e. The van der Waals surface area contributed by atoms with Crippen LogP contribution in [0.3, 0.4) is 0 Å². The smallest absolute Gasteiger partial charge is 0.261 e. The monoisotopic (exact) mass is 369 g/mol. The van der Waals surface area contributed by atoms with Gasteiger partial charge in [0.15, 0.2) is 11.0 Å². The topological polar surface area (TPSA) is 81.8 Å². The fraction of sp³-hybridized carbons (Fsp3) is 0.222. The fourth-order valence-electron chi connectivity index (χ4n) is 2.42. The maximum absolute atomic E-state index is 12.2. The number of thioether (sulfide) groups is 1. The Kier molecular flexibility index (Phi) is 5.52. The number of carbonyl (C=O) groups excluding carboxylic acids is 1. The average Bonchev–Trinajstić information content (AvgIpc) is 3.02. The molecule has 1 N–H and O–H groups in total. The van der Waals surface area contributed by atoms with Gasteiger partial charge in [0.1, 0.15) is 0 Å². The van der Waals surface area contributed by atoms with E-state index < -0.39 is 0 Å². The van der Waals surface area contributed by atoms with E-state index in [4.69, 9.17) is 0 Å². The molecule has 0 radical (unpaired) electrons. The van der Waals surface area contributed by atoms with Crippen molar-refractivity contribution < 1.29 is 4.79 Å². The third-order valence-corrected chi connectivity index (χ3v) is 4.88. The molecule has 2 heterocycles. The van der Waals surface area contributed by atoms with E-state index in [1.165, 1.54) is 16.3 Å². The van der Waals surface area contributed by atoms with Crippen molar-refractivity contribution in [3.05, 3.63) is 64.6 Å². The predicted molar refractivity (Wildman–Crippen MR) is 101 cm³/mol. The van der Waals surface area contributed by atoms with Gasteiger partial charge in [0.2, 0.25) is 5.91 Å². The maximum atomic E-state index is 12.2. The lowest BCUT2D eigenvalue weighted by atomic mass is 10.2. The van der Waals surface area contributed by atoms with E-state index in [0.717, 1.165) is 5.56 Å². The van der Waals surface area contributed by atoms with Crippen molar-refractivity contribution in [3.8, 4) is 11.4 Å². The number of aromatic nitrogens is 4. The van der Waals surface area contributed by atoms with Gasteiger partial charge in [-0.25, -0.2) is 0 Å². The molecule has 0 atom stereocenters. The Labute approximate surface area is 155 Å². The lowest BCUT2D eigenvalue weighted by Gasteiger charge is -2.06. The first-order valence-corrected chi connectivity index (χ1v) is 9.03. The quantitative estimate of drug-likeness (QED) is 0.667. The minimum absolute atomic E-state index is 0.0842. The lowest BCUT2D eigenvalue weighted by Crippen LogP contribution is -2.24. The number of pyridine rings is 1. The van der Waals surface area contributed by atoms with Crippen LogP contribution in [0, 0.1) is 0 Å². The van der Waals surface area contributed by atoms with Crippen LogP contribution in [0.2, 0.25) is 0 Å². The van der Waals surface area contributed by atoms with Gasteiger partial charge < -0.3 is 14.5 Å². The van der Waals surface area contributed by atoms with Crippen molar-refractivity contribution in [1.82, 2.24) is 24.6 Å². The molecule has 8 heteroatoms. The summed E-state index contributed by atoms with van der Waals surface area (Å²) in [6, 6.07) is 13.2. The minimum Gasteiger partial charge on any atom is -0.351 e. The molecular weight excluding hydrogens is 350 g/mol. The third-order valence-electron chi connectivity index (χ3n) is 3.86. The highest BCUT2D eigenvalue weighted by molar-refractivity contribution is 7.99. The van der Waals surface area contributed by atoms with E-state index in [9.17, 15) is 9.59 Å². The van der Waals surface area contributed by atoms with Crippen LogP contribution in [0.1, 0.15) is 5.56 Å². The number of rotatable bonds is 6. The summed E-state index contributed by atoms with van der Waals surface area (Å²) in [6.07, 6.45) is 1.69. The van der Waals surface area contributed by atoms with Crippen molar-refractivity contribution in [3.63, 3.8) is 0 Å². The van der Waals surface area contributed by atoms with Gasteiger partial charge in [-0.15, -0.1) is 10.2 Å². The number of hydrogen-bond donors (Lipinski definition) is 1. The lowest BCUT2D eigenvalue weighted by molar-refractivity contribution is -0.118. The first kappa shape index (κ1) is 17.9. The summed E-state index contributed by atoms with van der Waals surface area (Å²) in [4.78, 5) is 24.3. The van der Waals surface area contributed by atoms with Gasteiger partial charge in [0.25, 0.3) is 5.56 Å². The largest absolute Gasteiger partial charge is 0.351 e. The summed E-state index contributed by atoms with van der Waals surface area (Å²) in [5.41, 5.74) is 1.39. The molecule has 7 nitrogen and oxygen atoms in total. The summed E-state index contributed by atoms with van der Waals surface area (Å²) < 4.78 is 3.22. The number of aryl methyl sites for hydroxylation is 1. The van der Waals surface area contributed by atoms with Crippen LogP contribution < -0.4 is 10.9 Å². The van der Waals surface area contributed by atoms with Crippen molar-refractivity contribution in [1.29, 1.82) is 0 Å². The molecule has 134 valence electrons. The molecule has 3 rings (SSSR count). The molecule has 0 aliphatic rings. The van der Waals surface area contributed by atoms with Crippen molar-refractivity contribution in [2.75, 3.05) is 5.75 Å². The summed E-state index contributed by atoms with van der Waals surface area (Å²) >= 11 is 1.28. The molecule has 0 spiro atoms. The van der Waals surface area contributed by atoms with Crippen LogP contribution in [0.25, 0.3) is 11.4 Å². The van der Waals surface area contributed by atoms with Gasteiger partial charge in [-0.2, -0.15) is 0 Å². The Morgan fingerprint density at radius 1 is 1.12 bits per heavy atom. The molecule has 0 saturated carbocycles. The summed E-state index contributed by atoms with van der Waals surface area (Å²) in [5, 5.41) is 11.7. The Balaban J connectivity index is 1.63. The first-order chi connectivity index (χ1) is 12.6. The van der Waals surface area contributed by atoms with Crippen LogP contribution in [0.15, 0.2) is 58.6 Å². The number of benzene rings is 1. The molecular formula is C18H19N5O2S. The highest BCUT2D eigenvalue weighted by Gasteiger charge is 2.15. The van der Waals surface area contributed by atoms with E-state index >= 15 is 0 Å². The Bertz CT molecular complexity index is 965. The van der Waals surface area contributed by atoms with Gasteiger partial charge in [0.05, 0.1) is 11.3 Å². The second-order valence-electron chi connectivity index (χ2n) is 5.75. The fourth-order valence-corrected chi connectivity index (χ4v) is 3.16. The molecule has 1 amide bonds. The highest BCUT2D eigenvalue weighted by Crippen LogP contribution is 2.20. The summed E-state index contributed by atoms with van der Waals surface area (Å²) in [7, 11) is 3.47. The zero-order valence-corrected chi connectivity index (χ0v) is 15.4. The van der Waals surface area contributed by atoms with Crippen molar-refractivity contribution in [2.45, 2.75) is 11.7 Å². The van der Waals surface area contributed by atoms with Crippen LogP contribution in [-0.2, 0) is 25.4 Å². The number of nitrogens with zero attached hydrogens (tertiary/aromatic N) is 4. The number of nitrogens with one attached hydrogen (secondary N) is 1. The van der Waals surface area contributed by atoms with Gasteiger partial charge in [0, 0.05) is 26.8 Å². The Morgan fingerprint density at radius 2 is 1.88 bits per heavy atom. The average molecular weight is 369 g/mol. The molecule has 1 aromatic carbocycles. The molecule has 0 bridgehead atoms. The SMILES string of the molecule is Cn1c(SCC(=O)NCc2ccccc2)nnc1-c1cccn(C)c1=O. The second kappa shape index (κ2) is 8.01. The van der Waals surface area contributed by atoms with E-state index in [2.05, 4.69) is 15.5 Å². The first-order valence-electron chi connectivity index (χ1n) is 8.05. The summed E-state index contributed by atoms with van der Waals surface area (Å²) in [6.45, 7) is 0.490. The molecule has 26 heavy (non-hydrogen) atoms. The van der Waals surface area contributed by atoms with Gasteiger partial charge >= 0.3 is 0 Å². The standard InChI is InChI=1S/C18H19N5O2S/c1-22-10-6-9-14(17(22)25)16-20-21-18(23(16)2)26-12-15(24)19-11-13-7-4-3-5-8-13/h3-10H,11-12H2,1-2H3,(H,19,24). The minimum atomic E-state index is -0.139. The van der Waals surface area contributed by atoms with Gasteiger partial charge in [-0.3, -0.25) is 9.59 Å². The third kappa shape index (κ3) is 4.02. The Morgan fingerprint density at radius 3 is 2.65 bits per heavy atom. The van der Waals surface area contributed by atoms with E-state index in [1.807, 2.05) is 30.3 Å². The number of carbonyl (C=O) groups is 1. The molecule has 0 aliphatic heterocycles. The highest BCUT2D eigenvalue weighted by atomic mass is 32.2. The summed E-state index contributed by atoms with van der Waals surface area (Å²) in [5.74, 6) is 0.628. The zero-order valence-electron chi connectivity index (χ0n) is 14.5. The van der Waals surface area contributed by atoms with Crippen LogP contribution in [0.5, 0.6) is 0 Å². The van der Waals surface area contributed by atoms with E-state index in [-0.39, 0.29) is 17.2 Å². The van der Waals surface area contributed by atoms with E-state index in [1.54, 1.807) is 37.0 Å². The number of hydrogen-bond acceptors (Lipinski definition) is 5. The molecule has 0 unspecified atom stereocenters. The molecule has 0 aliphatic carbocycles. The molecule has 0 fully saturated rings. The molecule has 3 aromatic rings. The normalized spacial score (nSPS) is 10.7. The van der Waals surface area contributed by atoms with Crippen molar-refractivity contribution in [2.24, 2.45) is 14.1 Å². The van der Waals surface area contributed by atoms with Crippen LogP contribution >= 0.6 is 11.8 Å². The second-order valence-corrected chi connectivity index (χ2v) is 6.70. The van der Waals surface area contributed by atoms with Crippen molar-refractivity contribution >= 4 is 17.7 Å². The number of amides is 1.